The van der Waals surface area contributed by atoms with E-state index < -0.39 is 68.7 Å². The van der Waals surface area contributed by atoms with Crippen molar-refractivity contribution in [2.24, 2.45) is 5.92 Å². The van der Waals surface area contributed by atoms with Gasteiger partial charge >= 0.3 is 6.09 Å². The van der Waals surface area contributed by atoms with Crippen molar-refractivity contribution in [3.05, 3.63) is 66.7 Å². The molecule has 2 aromatic heterocycles. The summed E-state index contributed by atoms with van der Waals surface area (Å²) in [6.45, 7) is -0.0372. The number of nitrogens with zero attached hydrogens (tertiary/aromatic N) is 4. The van der Waals surface area contributed by atoms with Crippen molar-refractivity contribution in [1.29, 1.82) is 0 Å². The molecule has 9 rings (SSSR count). The van der Waals surface area contributed by atoms with Crippen molar-refractivity contribution < 1.29 is 41.8 Å². The maximum absolute atomic E-state index is 14.8. The number of methoxy groups -OCH3 is 1. The molecule has 5 aliphatic rings. The zero-order valence-corrected chi connectivity index (χ0v) is 34.9. The van der Waals surface area contributed by atoms with Gasteiger partial charge in [-0.2, -0.15) is 9.61 Å². The number of nitrogens with one attached hydrogen (secondary N) is 3. The number of benzene rings is 2. The second-order valence-corrected chi connectivity index (χ2v) is 18.9. The predicted molar refractivity (Wildman–Crippen MR) is 224 cm³/mol. The third-order valence-electron chi connectivity index (χ3n) is 12.6. The number of amides is 4. The van der Waals surface area contributed by atoms with Crippen LogP contribution in [-0.2, 0) is 29.1 Å². The zero-order chi connectivity index (χ0) is 42.3. The number of alkyl carbamates (subject to hydrolysis) is 1. The van der Waals surface area contributed by atoms with Crippen LogP contribution >= 0.6 is 0 Å². The molecule has 4 amide bonds. The van der Waals surface area contributed by atoms with Crippen LogP contribution in [0.15, 0.2) is 66.7 Å². The van der Waals surface area contributed by atoms with Gasteiger partial charge in [0.15, 0.2) is 5.65 Å². The predicted octanol–water partition coefficient (Wildman–Crippen LogP) is 4.95. The lowest BCUT2D eigenvalue weighted by Crippen LogP contribution is -2.58. The molecule has 2 aliphatic heterocycles. The van der Waals surface area contributed by atoms with Crippen molar-refractivity contribution in [1.82, 2.24) is 34.9 Å². The molecule has 3 saturated carbocycles. The number of carbonyl (C=O) groups is 4. The molecule has 5 atom stereocenters. The van der Waals surface area contributed by atoms with Crippen LogP contribution in [0.25, 0.3) is 27.8 Å². The van der Waals surface area contributed by atoms with E-state index in [1.165, 1.54) is 4.90 Å². The number of carbonyl (C=O) groups excluding carboxylic acids is 4. The monoisotopic (exact) mass is 853 g/mol. The summed E-state index contributed by atoms with van der Waals surface area (Å²) in [5, 5.41) is 10.7. The Morgan fingerprint density at radius 3 is 2.49 bits per heavy atom. The fourth-order valence-corrected chi connectivity index (χ4v) is 10.3. The molecule has 3 aliphatic carbocycles. The van der Waals surface area contributed by atoms with Gasteiger partial charge in [-0.15, -0.1) is 0 Å². The molecular weight excluding hydrogens is 803 g/mol. The lowest BCUT2D eigenvalue weighted by molar-refractivity contribution is -0.141. The highest BCUT2D eigenvalue weighted by atomic mass is 32.2. The Kier molecular flexibility index (Phi) is 11.1. The molecule has 4 aromatic rings. The molecule has 61 heavy (non-hydrogen) atoms. The van der Waals surface area contributed by atoms with Gasteiger partial charge in [0, 0.05) is 24.0 Å². The van der Waals surface area contributed by atoms with Crippen LogP contribution in [0, 0.1) is 5.92 Å². The molecule has 1 saturated heterocycles. The number of ether oxygens (including phenoxy) is 3. The van der Waals surface area contributed by atoms with E-state index in [0.29, 0.717) is 60.6 Å². The molecule has 4 heterocycles. The Bertz CT molecular complexity index is 2480. The Balaban J connectivity index is 1.06. The van der Waals surface area contributed by atoms with Gasteiger partial charge in [-0.1, -0.05) is 55.3 Å². The van der Waals surface area contributed by atoms with E-state index in [2.05, 4.69) is 15.4 Å². The number of sulfonamides is 1. The third kappa shape index (κ3) is 8.48. The average molecular weight is 854 g/mol. The van der Waals surface area contributed by atoms with Crippen LogP contribution in [0.1, 0.15) is 83.5 Å². The maximum atomic E-state index is 14.8. The van der Waals surface area contributed by atoms with Gasteiger partial charge in [0.2, 0.25) is 27.7 Å². The Labute approximate surface area is 353 Å². The van der Waals surface area contributed by atoms with E-state index in [-0.39, 0.29) is 25.5 Å². The summed E-state index contributed by atoms with van der Waals surface area (Å²) in [5.41, 5.74) is 1.08. The van der Waals surface area contributed by atoms with Gasteiger partial charge in [-0.25, -0.2) is 18.2 Å². The van der Waals surface area contributed by atoms with E-state index in [1.807, 2.05) is 60.7 Å². The van der Waals surface area contributed by atoms with Gasteiger partial charge in [0.1, 0.15) is 35.6 Å². The average Bonchev–Trinajstić information content (AvgIpc) is 4.07. The maximum Gasteiger partial charge on any atom is 0.408 e. The lowest BCUT2D eigenvalue weighted by atomic mass is 10.0. The Morgan fingerprint density at radius 1 is 0.934 bits per heavy atom. The SMILES string of the molecule is COc1ccc2nn3c(O[C@@H]4C[C@H]5C(=O)N[C@]6(C(=O)NS(=O)(=O)C7CC7)C[C@H]6/C=C\CCCCC[C@H](NC(=O)OC6CCCC6)C(=O)N5C4)cc(-c4ccccc4)nc3c2c1. The fourth-order valence-electron chi connectivity index (χ4n) is 8.96. The minimum atomic E-state index is -3.92. The van der Waals surface area contributed by atoms with Crippen molar-refractivity contribution in [2.75, 3.05) is 13.7 Å². The molecule has 0 unspecified atom stereocenters. The summed E-state index contributed by atoms with van der Waals surface area (Å²) in [4.78, 5) is 63.0. The fraction of sp³-hybridized carbons (Fsp3) is 0.500. The number of hydrogen-bond donors (Lipinski definition) is 3. The molecule has 16 nitrogen and oxygen atoms in total. The Hall–Kier alpha value is -5.71. The third-order valence-corrected chi connectivity index (χ3v) is 14.4. The van der Waals surface area contributed by atoms with E-state index in [4.69, 9.17) is 24.3 Å². The molecular formula is C44H51N7O9S. The number of aromatic nitrogens is 3. The first kappa shape index (κ1) is 40.7. The highest BCUT2D eigenvalue weighted by Gasteiger charge is 2.62. The number of rotatable bonds is 9. The molecule has 17 heteroatoms. The second kappa shape index (κ2) is 16.6. The number of fused-ring (bicyclic) bond motifs is 5. The molecule has 2 aromatic carbocycles. The van der Waals surface area contributed by atoms with Crippen molar-refractivity contribution in [3.8, 4) is 22.9 Å². The molecule has 0 bridgehead atoms. The minimum absolute atomic E-state index is 0.0223. The largest absolute Gasteiger partial charge is 0.497 e. The van der Waals surface area contributed by atoms with Crippen LogP contribution < -0.4 is 24.8 Å². The minimum Gasteiger partial charge on any atom is -0.497 e. The highest BCUT2D eigenvalue weighted by Crippen LogP contribution is 2.46. The van der Waals surface area contributed by atoms with Crippen LogP contribution in [0.4, 0.5) is 4.79 Å². The van der Waals surface area contributed by atoms with Crippen LogP contribution in [-0.4, -0.2) is 100 Å². The van der Waals surface area contributed by atoms with E-state index in [1.54, 1.807) is 17.7 Å². The normalized spacial score (nSPS) is 26.7. The van der Waals surface area contributed by atoms with Crippen molar-refractivity contribution in [2.45, 2.75) is 119 Å². The number of allylic oxidation sites excluding steroid dienone is 1. The van der Waals surface area contributed by atoms with Crippen molar-refractivity contribution >= 4 is 50.4 Å². The first-order chi connectivity index (χ1) is 29.5. The summed E-state index contributed by atoms with van der Waals surface area (Å²) in [5.74, 6) is -1.39. The van der Waals surface area contributed by atoms with Crippen LogP contribution in [0.5, 0.6) is 11.6 Å². The van der Waals surface area contributed by atoms with Gasteiger partial charge in [0.05, 0.1) is 35.5 Å². The topological polar surface area (TPSA) is 200 Å². The summed E-state index contributed by atoms with van der Waals surface area (Å²) in [6, 6.07) is 14.7. The smallest absolute Gasteiger partial charge is 0.408 e. The van der Waals surface area contributed by atoms with Gasteiger partial charge in [-0.3, -0.25) is 19.1 Å². The van der Waals surface area contributed by atoms with E-state index in [0.717, 1.165) is 49.5 Å². The highest BCUT2D eigenvalue weighted by molar-refractivity contribution is 7.91. The summed E-state index contributed by atoms with van der Waals surface area (Å²) in [6.07, 6.45) is 10.00. The Morgan fingerprint density at radius 2 is 1.72 bits per heavy atom. The molecule has 0 radical (unpaired) electrons. The molecule has 322 valence electrons. The standard InChI is InChI=1S/C44H51N7O9S/c1-58-30-18-21-34-33(22-30)39-45-36(27-12-6-5-7-13-27)24-38(51(39)48-34)59-31-23-37-40(52)47-44(42(54)49-61(56,57)32-19-20-32)25-28(44)14-8-3-2-4-9-17-35(41(53)50(37)26-31)46-43(55)60-29-15-10-11-16-29/h5-8,12-14,18,21-22,24,28-29,31-32,35,37H,2-4,9-11,15-17,19-20,23,25-26H2,1H3,(H,46,55)(H,47,52)(H,49,54)/b14-8-/t28-,31-,35+,37+,44-/m1/s1. The van der Waals surface area contributed by atoms with Gasteiger partial charge in [0.25, 0.3) is 5.91 Å². The number of hydrogen-bond acceptors (Lipinski definition) is 11. The van der Waals surface area contributed by atoms with E-state index in [9.17, 15) is 27.6 Å². The molecule has 0 spiro atoms. The van der Waals surface area contributed by atoms with Gasteiger partial charge < -0.3 is 29.7 Å². The molecule has 4 fully saturated rings. The quantitative estimate of drug-likeness (QED) is 0.193. The summed E-state index contributed by atoms with van der Waals surface area (Å²) in [7, 11) is -2.33. The molecule has 3 N–H and O–H groups in total. The zero-order valence-electron chi connectivity index (χ0n) is 34.1. The first-order valence-corrected chi connectivity index (χ1v) is 23.0. The first-order valence-electron chi connectivity index (χ1n) is 21.4. The van der Waals surface area contributed by atoms with Crippen molar-refractivity contribution in [3.63, 3.8) is 0 Å². The van der Waals surface area contributed by atoms with Crippen LogP contribution in [0.2, 0.25) is 0 Å². The summed E-state index contributed by atoms with van der Waals surface area (Å²) >= 11 is 0. The summed E-state index contributed by atoms with van der Waals surface area (Å²) < 4.78 is 47.8. The van der Waals surface area contributed by atoms with Crippen LogP contribution in [0.3, 0.4) is 0 Å². The second-order valence-electron chi connectivity index (χ2n) is 17.0. The lowest BCUT2D eigenvalue weighted by Gasteiger charge is -2.30. The van der Waals surface area contributed by atoms with E-state index >= 15 is 0 Å². The van der Waals surface area contributed by atoms with Gasteiger partial charge in [-0.05, 0) is 82.4 Å².